The van der Waals surface area contributed by atoms with E-state index >= 15 is 0 Å². The van der Waals surface area contributed by atoms with Gasteiger partial charge in [-0.1, -0.05) is 28.9 Å². The maximum Gasteiger partial charge on any atom is 0.223 e. The number of carbonyl (C=O) groups is 1. The molecule has 0 saturated carbocycles. The number of carbonyl (C=O) groups excluding carboxylic acids is 1. The number of aromatic nitrogens is 1. The Balaban J connectivity index is 1.96. The van der Waals surface area contributed by atoms with E-state index in [1.54, 1.807) is 31.2 Å². The van der Waals surface area contributed by atoms with Crippen molar-refractivity contribution in [3.63, 3.8) is 0 Å². The number of hydrogen-bond acceptors (Lipinski definition) is 4. The fourth-order valence-corrected chi connectivity index (χ4v) is 2.59. The molecule has 0 aliphatic heterocycles. The van der Waals surface area contributed by atoms with Gasteiger partial charge in [-0.3, -0.25) is 4.79 Å². The van der Waals surface area contributed by atoms with E-state index in [2.05, 4.69) is 10.5 Å². The molecule has 0 spiro atoms. The molecule has 0 bridgehead atoms. The molecule has 0 saturated heterocycles. The molecule has 0 aliphatic carbocycles. The Bertz CT molecular complexity index is 632. The molecule has 0 fully saturated rings. The van der Waals surface area contributed by atoms with Gasteiger partial charge in [0.15, 0.2) is 0 Å². The highest BCUT2D eigenvalue weighted by Crippen LogP contribution is 2.22. The molecule has 6 heteroatoms. The van der Waals surface area contributed by atoms with Crippen molar-refractivity contribution in [2.24, 2.45) is 0 Å². The van der Waals surface area contributed by atoms with Gasteiger partial charge < -0.3 is 14.9 Å². The van der Waals surface area contributed by atoms with Crippen molar-refractivity contribution >= 4 is 17.5 Å². The van der Waals surface area contributed by atoms with Crippen LogP contribution in [0.3, 0.4) is 0 Å². The molecule has 1 heterocycles. The molecule has 1 aromatic heterocycles. The second-order valence-electron chi connectivity index (χ2n) is 5.30. The van der Waals surface area contributed by atoms with Crippen molar-refractivity contribution in [2.75, 3.05) is 0 Å². The molecule has 0 radical (unpaired) electrons. The Kier molecular flexibility index (Phi) is 5.21. The molecular formula is C16H19ClN2O3. The second-order valence-corrected chi connectivity index (χ2v) is 5.73. The largest absolute Gasteiger partial charge is 0.388 e. The average molecular weight is 323 g/mol. The van der Waals surface area contributed by atoms with Crippen LogP contribution in [0.25, 0.3) is 0 Å². The number of hydrogen-bond donors (Lipinski definition) is 2. The number of amides is 1. The van der Waals surface area contributed by atoms with Gasteiger partial charge in [0.05, 0.1) is 24.3 Å². The Morgan fingerprint density at radius 1 is 1.36 bits per heavy atom. The first-order valence-corrected chi connectivity index (χ1v) is 7.42. The summed E-state index contributed by atoms with van der Waals surface area (Å²) in [5.74, 6) is 0.443. The maximum atomic E-state index is 12.1. The quantitative estimate of drug-likeness (QED) is 0.886. The van der Waals surface area contributed by atoms with Crippen molar-refractivity contribution < 1.29 is 14.4 Å². The first-order chi connectivity index (χ1) is 10.4. The zero-order chi connectivity index (χ0) is 16.3. The lowest BCUT2D eigenvalue weighted by atomic mass is 10.0. The van der Waals surface area contributed by atoms with Gasteiger partial charge in [-0.15, -0.1) is 0 Å². The van der Waals surface area contributed by atoms with Gasteiger partial charge in [-0.05, 0) is 38.5 Å². The van der Waals surface area contributed by atoms with Gasteiger partial charge in [0, 0.05) is 10.6 Å². The Morgan fingerprint density at radius 3 is 2.55 bits per heavy atom. The van der Waals surface area contributed by atoms with Crippen molar-refractivity contribution in [3.8, 4) is 0 Å². The fraction of sp³-hybridized carbons (Fsp3) is 0.375. The minimum Gasteiger partial charge on any atom is -0.388 e. The van der Waals surface area contributed by atoms with E-state index in [1.165, 1.54) is 0 Å². The minimum absolute atomic E-state index is 0.0185. The van der Waals surface area contributed by atoms with Crippen LogP contribution in [0.1, 0.15) is 48.1 Å². The van der Waals surface area contributed by atoms with E-state index in [0.29, 0.717) is 16.3 Å². The fourth-order valence-electron chi connectivity index (χ4n) is 2.46. The highest BCUT2D eigenvalue weighted by atomic mass is 35.5. The summed E-state index contributed by atoms with van der Waals surface area (Å²) in [7, 11) is 0. The van der Waals surface area contributed by atoms with Crippen LogP contribution >= 0.6 is 11.6 Å². The van der Waals surface area contributed by atoms with Crippen LogP contribution in [-0.4, -0.2) is 16.2 Å². The van der Waals surface area contributed by atoms with Crippen molar-refractivity contribution in [1.29, 1.82) is 0 Å². The van der Waals surface area contributed by atoms with Crippen LogP contribution in [0.2, 0.25) is 5.02 Å². The summed E-state index contributed by atoms with van der Waals surface area (Å²) in [6, 6.07) is 6.56. The standard InChI is InChI=1S/C16H19ClN2O3/c1-9(16-10(2)19-22-11(16)3)18-15(21)8-14(20)12-4-6-13(17)7-5-12/h4-7,9,14,20H,8H2,1-3H3,(H,18,21). The predicted molar refractivity (Wildman–Crippen MR) is 83.6 cm³/mol. The zero-order valence-electron chi connectivity index (χ0n) is 12.8. The molecule has 1 amide bonds. The van der Waals surface area contributed by atoms with Crippen LogP contribution in [0.5, 0.6) is 0 Å². The smallest absolute Gasteiger partial charge is 0.223 e. The lowest BCUT2D eigenvalue weighted by Gasteiger charge is -2.16. The van der Waals surface area contributed by atoms with E-state index in [-0.39, 0.29) is 18.4 Å². The van der Waals surface area contributed by atoms with Gasteiger partial charge >= 0.3 is 0 Å². The minimum atomic E-state index is -0.867. The van der Waals surface area contributed by atoms with Crippen LogP contribution in [0.15, 0.2) is 28.8 Å². The van der Waals surface area contributed by atoms with Gasteiger partial charge in [0.25, 0.3) is 0 Å². The zero-order valence-corrected chi connectivity index (χ0v) is 13.5. The SMILES string of the molecule is Cc1noc(C)c1C(C)NC(=O)CC(O)c1ccc(Cl)cc1. The number of nitrogens with one attached hydrogen (secondary N) is 1. The Labute approximate surface area is 134 Å². The van der Waals surface area contributed by atoms with Crippen molar-refractivity contribution in [1.82, 2.24) is 10.5 Å². The molecule has 118 valence electrons. The number of nitrogens with zero attached hydrogens (tertiary/aromatic N) is 1. The highest BCUT2D eigenvalue weighted by molar-refractivity contribution is 6.30. The van der Waals surface area contributed by atoms with E-state index in [9.17, 15) is 9.90 Å². The molecule has 22 heavy (non-hydrogen) atoms. The summed E-state index contributed by atoms with van der Waals surface area (Å²) in [4.78, 5) is 12.1. The summed E-state index contributed by atoms with van der Waals surface area (Å²) in [5.41, 5.74) is 2.28. The van der Waals surface area contributed by atoms with E-state index in [0.717, 1.165) is 11.3 Å². The summed E-state index contributed by atoms with van der Waals surface area (Å²) in [6.07, 6.45) is -0.885. The third-order valence-corrected chi connectivity index (χ3v) is 3.78. The lowest BCUT2D eigenvalue weighted by Crippen LogP contribution is -2.28. The Hall–Kier alpha value is -1.85. The average Bonchev–Trinajstić information content (AvgIpc) is 2.78. The highest BCUT2D eigenvalue weighted by Gasteiger charge is 2.20. The maximum absolute atomic E-state index is 12.1. The van der Waals surface area contributed by atoms with Crippen LogP contribution in [-0.2, 0) is 4.79 Å². The lowest BCUT2D eigenvalue weighted by molar-refractivity contribution is -0.123. The van der Waals surface area contributed by atoms with E-state index in [4.69, 9.17) is 16.1 Å². The molecule has 0 aliphatic rings. The van der Waals surface area contributed by atoms with Gasteiger partial charge in [-0.25, -0.2) is 0 Å². The molecule has 2 rings (SSSR count). The topological polar surface area (TPSA) is 75.4 Å². The third-order valence-electron chi connectivity index (χ3n) is 3.53. The first-order valence-electron chi connectivity index (χ1n) is 7.04. The normalized spacial score (nSPS) is 13.7. The van der Waals surface area contributed by atoms with Gasteiger partial charge in [0.2, 0.25) is 5.91 Å². The van der Waals surface area contributed by atoms with Crippen LogP contribution in [0, 0.1) is 13.8 Å². The number of aliphatic hydroxyl groups excluding tert-OH is 1. The number of aryl methyl sites for hydroxylation is 2. The summed E-state index contributed by atoms with van der Waals surface area (Å²) in [5, 5.41) is 17.4. The molecule has 2 N–H and O–H groups in total. The summed E-state index contributed by atoms with van der Waals surface area (Å²) >= 11 is 5.80. The molecular weight excluding hydrogens is 304 g/mol. The molecule has 2 unspecified atom stereocenters. The molecule has 5 nitrogen and oxygen atoms in total. The van der Waals surface area contributed by atoms with Crippen LogP contribution < -0.4 is 5.32 Å². The summed E-state index contributed by atoms with van der Waals surface area (Å²) < 4.78 is 5.10. The van der Waals surface area contributed by atoms with Gasteiger partial charge in [0.1, 0.15) is 5.76 Å². The van der Waals surface area contributed by atoms with Gasteiger partial charge in [-0.2, -0.15) is 0 Å². The second kappa shape index (κ2) is 6.94. The number of halogens is 1. The van der Waals surface area contributed by atoms with Crippen LogP contribution in [0.4, 0.5) is 0 Å². The van der Waals surface area contributed by atoms with E-state index < -0.39 is 6.10 Å². The van der Waals surface area contributed by atoms with Crippen molar-refractivity contribution in [2.45, 2.75) is 39.3 Å². The predicted octanol–water partition coefficient (Wildman–Crippen LogP) is 3.25. The number of aliphatic hydroxyl groups is 1. The number of benzene rings is 1. The third kappa shape index (κ3) is 3.87. The summed E-state index contributed by atoms with van der Waals surface area (Å²) in [6.45, 7) is 5.50. The monoisotopic (exact) mass is 322 g/mol. The molecule has 2 atom stereocenters. The molecule has 2 aromatic rings. The van der Waals surface area contributed by atoms with E-state index in [1.807, 2.05) is 13.8 Å². The molecule has 1 aromatic carbocycles. The van der Waals surface area contributed by atoms with Crippen molar-refractivity contribution in [3.05, 3.63) is 51.9 Å². The number of rotatable bonds is 5. The first kappa shape index (κ1) is 16.5. The Morgan fingerprint density at radius 2 is 2.00 bits per heavy atom.